The summed E-state index contributed by atoms with van der Waals surface area (Å²) in [4.78, 5) is 27.3. The van der Waals surface area contributed by atoms with E-state index in [0.29, 0.717) is 23.2 Å². The van der Waals surface area contributed by atoms with Crippen LogP contribution in [0.1, 0.15) is 23.0 Å². The normalized spacial score (nSPS) is 14.8. The van der Waals surface area contributed by atoms with E-state index in [2.05, 4.69) is 37.5 Å². The highest BCUT2D eigenvalue weighted by atomic mass is 19.3. The summed E-state index contributed by atoms with van der Waals surface area (Å²) in [5.41, 5.74) is 6.47. The number of hydrogen-bond acceptors (Lipinski definition) is 7. The van der Waals surface area contributed by atoms with Gasteiger partial charge in [0.1, 0.15) is 17.3 Å². The van der Waals surface area contributed by atoms with E-state index in [1.54, 1.807) is 42.3 Å². The SMILES string of the molecule is C=NN/C=C(\C)c1ccc(Nc2ccnc(-c3ccc4cc(C(=O)N5CC(F)(F)C5)n(C)c4c3)n2)nc1. The maximum absolute atomic E-state index is 13.2. The third kappa shape index (κ3) is 4.88. The van der Waals surface area contributed by atoms with E-state index in [0.717, 1.165) is 32.5 Å². The largest absolute Gasteiger partial charge is 0.340 e. The molecule has 0 bridgehead atoms. The Morgan fingerprint density at radius 3 is 2.65 bits per heavy atom. The summed E-state index contributed by atoms with van der Waals surface area (Å²) < 4.78 is 28.2. The molecule has 5 rings (SSSR count). The van der Waals surface area contributed by atoms with Crippen molar-refractivity contribution in [2.75, 3.05) is 18.4 Å². The molecule has 1 fully saturated rings. The Kier molecular flexibility index (Phi) is 6.12. The fraction of sp³-hybridized carbons (Fsp3) is 0.192. The van der Waals surface area contributed by atoms with Gasteiger partial charge in [0.15, 0.2) is 5.82 Å². The van der Waals surface area contributed by atoms with E-state index in [1.165, 1.54) is 0 Å². The fourth-order valence-electron chi connectivity index (χ4n) is 4.12. The van der Waals surface area contributed by atoms with Crippen LogP contribution in [0.4, 0.5) is 20.4 Å². The molecule has 1 aliphatic heterocycles. The van der Waals surface area contributed by atoms with Crippen LogP contribution in [0, 0.1) is 0 Å². The highest BCUT2D eigenvalue weighted by Crippen LogP contribution is 2.30. The quantitative estimate of drug-likeness (QED) is 0.287. The maximum atomic E-state index is 13.2. The zero-order valence-electron chi connectivity index (χ0n) is 20.2. The molecule has 37 heavy (non-hydrogen) atoms. The molecule has 0 saturated carbocycles. The molecule has 0 atom stereocenters. The molecule has 0 aliphatic carbocycles. The second-order valence-electron chi connectivity index (χ2n) is 8.82. The van der Waals surface area contributed by atoms with Crippen LogP contribution in [0.15, 0.2) is 66.2 Å². The zero-order chi connectivity index (χ0) is 26.2. The van der Waals surface area contributed by atoms with E-state index in [4.69, 9.17) is 0 Å². The molecule has 11 heteroatoms. The van der Waals surface area contributed by atoms with E-state index in [9.17, 15) is 13.6 Å². The molecular formula is C26H24F2N8O. The average Bonchev–Trinajstić information content (AvgIpc) is 3.21. The first-order valence-corrected chi connectivity index (χ1v) is 11.5. The van der Waals surface area contributed by atoms with Crippen LogP contribution in [-0.4, -0.2) is 56.1 Å². The lowest BCUT2D eigenvalue weighted by Crippen LogP contribution is -2.58. The molecule has 1 aliphatic rings. The van der Waals surface area contributed by atoms with Gasteiger partial charge in [-0.1, -0.05) is 12.1 Å². The molecule has 9 nitrogen and oxygen atoms in total. The number of allylic oxidation sites excluding steroid dienone is 1. The summed E-state index contributed by atoms with van der Waals surface area (Å²) in [5, 5.41) is 7.59. The van der Waals surface area contributed by atoms with E-state index in [-0.39, 0.29) is 0 Å². The van der Waals surface area contributed by atoms with E-state index >= 15 is 0 Å². The second-order valence-corrected chi connectivity index (χ2v) is 8.82. The van der Waals surface area contributed by atoms with Crippen LogP contribution >= 0.6 is 0 Å². The Morgan fingerprint density at radius 1 is 1.14 bits per heavy atom. The Morgan fingerprint density at radius 2 is 1.95 bits per heavy atom. The van der Waals surface area contributed by atoms with Gasteiger partial charge in [-0.3, -0.25) is 10.2 Å². The van der Waals surface area contributed by atoms with Crippen molar-refractivity contribution >= 4 is 40.7 Å². The number of hydrogen-bond donors (Lipinski definition) is 2. The number of fused-ring (bicyclic) bond motifs is 1. The number of rotatable bonds is 7. The minimum Gasteiger partial charge on any atom is -0.340 e. The van der Waals surface area contributed by atoms with Gasteiger partial charge in [-0.15, -0.1) is 0 Å². The highest BCUT2D eigenvalue weighted by Gasteiger charge is 2.46. The van der Waals surface area contributed by atoms with Crippen LogP contribution in [0.2, 0.25) is 0 Å². The number of aromatic nitrogens is 4. The molecule has 1 saturated heterocycles. The van der Waals surface area contributed by atoms with Crippen LogP contribution in [0.25, 0.3) is 27.9 Å². The summed E-state index contributed by atoms with van der Waals surface area (Å²) in [5.74, 6) is -1.55. The number of aryl methyl sites for hydroxylation is 1. The van der Waals surface area contributed by atoms with Gasteiger partial charge >= 0.3 is 0 Å². The minimum atomic E-state index is -2.81. The van der Waals surface area contributed by atoms with Gasteiger partial charge in [-0.25, -0.2) is 23.7 Å². The Hall–Kier alpha value is -4.67. The fourth-order valence-corrected chi connectivity index (χ4v) is 4.12. The topological polar surface area (TPSA) is 100 Å². The molecule has 0 radical (unpaired) electrons. The lowest BCUT2D eigenvalue weighted by Gasteiger charge is -2.38. The Labute approximate surface area is 211 Å². The molecular weight excluding hydrogens is 478 g/mol. The van der Waals surface area contributed by atoms with Gasteiger partial charge < -0.3 is 14.8 Å². The van der Waals surface area contributed by atoms with Gasteiger partial charge in [0, 0.05) is 48.8 Å². The number of carbonyl (C=O) groups is 1. The molecule has 2 N–H and O–H groups in total. The average molecular weight is 503 g/mol. The van der Waals surface area contributed by atoms with Crippen molar-refractivity contribution in [1.29, 1.82) is 0 Å². The number of amides is 1. The Bertz CT molecular complexity index is 1520. The lowest BCUT2D eigenvalue weighted by atomic mass is 10.1. The third-order valence-corrected chi connectivity index (χ3v) is 6.16. The van der Waals surface area contributed by atoms with Gasteiger partial charge in [-0.05, 0) is 48.4 Å². The minimum absolute atomic E-state index is 0.357. The van der Waals surface area contributed by atoms with Gasteiger partial charge in [0.2, 0.25) is 0 Å². The first-order valence-electron chi connectivity index (χ1n) is 11.5. The molecule has 4 heterocycles. The predicted molar refractivity (Wildman–Crippen MR) is 139 cm³/mol. The lowest BCUT2D eigenvalue weighted by molar-refractivity contribution is -0.113. The molecule has 0 spiro atoms. The Balaban J connectivity index is 1.36. The van der Waals surface area contributed by atoms with Crippen molar-refractivity contribution < 1.29 is 13.6 Å². The summed E-state index contributed by atoms with van der Waals surface area (Å²) in [6, 6.07) is 12.8. The van der Waals surface area contributed by atoms with E-state index in [1.807, 2.05) is 37.3 Å². The van der Waals surface area contributed by atoms with Gasteiger partial charge in [0.25, 0.3) is 11.8 Å². The number of nitrogens with zero attached hydrogens (tertiary/aromatic N) is 6. The van der Waals surface area contributed by atoms with Crippen LogP contribution in [0.5, 0.6) is 0 Å². The number of carbonyl (C=O) groups excluding carboxylic acids is 1. The van der Waals surface area contributed by atoms with Gasteiger partial charge in [0.05, 0.1) is 13.1 Å². The number of likely N-dealkylation sites (tertiary alicyclic amines) is 1. The summed E-state index contributed by atoms with van der Waals surface area (Å²) in [7, 11) is 1.74. The van der Waals surface area contributed by atoms with Crippen molar-refractivity contribution in [1.82, 2.24) is 29.8 Å². The standard InChI is InChI=1S/C26H24F2N8O/c1-16(12-32-29-2)19-6-7-22(31-13-19)33-23-8-9-30-24(34-23)18-5-4-17-10-21(35(3)20(17)11-18)25(37)36-14-26(27,28)15-36/h4-13,32H,2,14-15H2,1,3H3,(H,30,31,33,34)/b16-12+. The van der Waals surface area contributed by atoms with Crippen molar-refractivity contribution in [3.63, 3.8) is 0 Å². The number of benzene rings is 1. The first-order chi connectivity index (χ1) is 17.7. The number of hydrazone groups is 1. The monoisotopic (exact) mass is 502 g/mol. The molecule has 1 amide bonds. The summed E-state index contributed by atoms with van der Waals surface area (Å²) in [6.07, 6.45) is 5.12. The van der Waals surface area contributed by atoms with Crippen molar-refractivity contribution in [2.45, 2.75) is 12.8 Å². The third-order valence-electron chi connectivity index (χ3n) is 6.16. The van der Waals surface area contributed by atoms with Gasteiger partial charge in [-0.2, -0.15) is 5.10 Å². The van der Waals surface area contributed by atoms with Crippen molar-refractivity contribution in [3.05, 3.63) is 72.3 Å². The summed E-state index contributed by atoms with van der Waals surface area (Å²) in [6.45, 7) is 4.21. The molecule has 4 aromatic rings. The number of nitrogens with one attached hydrogen (secondary N) is 2. The predicted octanol–water partition coefficient (Wildman–Crippen LogP) is 4.43. The number of halogens is 2. The van der Waals surface area contributed by atoms with Crippen molar-refractivity contribution in [2.24, 2.45) is 12.1 Å². The van der Waals surface area contributed by atoms with Crippen LogP contribution in [-0.2, 0) is 7.05 Å². The molecule has 188 valence electrons. The number of pyridine rings is 1. The molecule has 1 aromatic carbocycles. The summed E-state index contributed by atoms with van der Waals surface area (Å²) >= 11 is 0. The second kappa shape index (κ2) is 9.41. The maximum Gasteiger partial charge on any atom is 0.282 e. The highest BCUT2D eigenvalue weighted by molar-refractivity contribution is 6.00. The zero-order valence-corrected chi connectivity index (χ0v) is 20.2. The number of anilines is 2. The van der Waals surface area contributed by atoms with Crippen LogP contribution < -0.4 is 10.7 Å². The van der Waals surface area contributed by atoms with Crippen molar-refractivity contribution in [3.8, 4) is 11.4 Å². The molecule has 3 aromatic heterocycles. The number of alkyl halides is 2. The smallest absolute Gasteiger partial charge is 0.282 e. The van der Waals surface area contributed by atoms with E-state index < -0.39 is 24.9 Å². The first kappa shape index (κ1) is 24.0. The molecule has 0 unspecified atom stereocenters. The van der Waals surface area contributed by atoms with Crippen LogP contribution in [0.3, 0.4) is 0 Å².